The zero-order valence-electron chi connectivity index (χ0n) is 18.0. The third kappa shape index (κ3) is 6.13. The quantitative estimate of drug-likeness (QED) is 0.563. The number of nitrogens with zero attached hydrogens (tertiary/aromatic N) is 1. The first kappa shape index (κ1) is 23.5. The molecule has 0 atom stereocenters. The van der Waals surface area contributed by atoms with E-state index in [9.17, 15) is 9.59 Å². The SMILES string of the molecule is CCCOc1c(Cl)cc(C(=O)Nc2ccccc2CN(CC)C(C)=O)cc1OCC. The zero-order valence-corrected chi connectivity index (χ0v) is 18.7. The fourth-order valence-electron chi connectivity index (χ4n) is 2.93. The van der Waals surface area contributed by atoms with Crippen molar-refractivity contribution in [2.24, 2.45) is 0 Å². The summed E-state index contributed by atoms with van der Waals surface area (Å²) >= 11 is 6.38. The average Bonchev–Trinajstić information content (AvgIpc) is 2.72. The molecule has 0 bridgehead atoms. The highest BCUT2D eigenvalue weighted by atomic mass is 35.5. The molecule has 0 aromatic heterocycles. The predicted molar refractivity (Wildman–Crippen MR) is 120 cm³/mol. The summed E-state index contributed by atoms with van der Waals surface area (Å²) in [5.41, 5.74) is 1.85. The molecule has 0 aliphatic carbocycles. The third-order valence-corrected chi connectivity index (χ3v) is 4.76. The van der Waals surface area contributed by atoms with Gasteiger partial charge in [-0.3, -0.25) is 9.59 Å². The maximum atomic E-state index is 12.9. The largest absolute Gasteiger partial charge is 0.490 e. The van der Waals surface area contributed by atoms with Gasteiger partial charge in [-0.2, -0.15) is 0 Å². The van der Waals surface area contributed by atoms with E-state index in [4.69, 9.17) is 21.1 Å². The summed E-state index contributed by atoms with van der Waals surface area (Å²) in [7, 11) is 0. The molecule has 0 spiro atoms. The van der Waals surface area contributed by atoms with Crippen molar-refractivity contribution in [3.8, 4) is 11.5 Å². The van der Waals surface area contributed by atoms with Crippen molar-refractivity contribution in [1.82, 2.24) is 4.90 Å². The van der Waals surface area contributed by atoms with Gasteiger partial charge in [-0.05, 0) is 44.0 Å². The number of carbonyl (C=O) groups is 2. The van der Waals surface area contributed by atoms with Crippen LogP contribution < -0.4 is 14.8 Å². The first-order valence-electron chi connectivity index (χ1n) is 10.1. The molecular weight excluding hydrogens is 404 g/mol. The van der Waals surface area contributed by atoms with E-state index >= 15 is 0 Å². The molecule has 0 saturated heterocycles. The lowest BCUT2D eigenvalue weighted by molar-refractivity contribution is -0.129. The summed E-state index contributed by atoms with van der Waals surface area (Å²) in [5, 5.41) is 3.24. The summed E-state index contributed by atoms with van der Waals surface area (Å²) in [6.45, 7) is 9.23. The lowest BCUT2D eigenvalue weighted by Crippen LogP contribution is -2.28. The highest BCUT2D eigenvalue weighted by molar-refractivity contribution is 6.32. The van der Waals surface area contributed by atoms with Gasteiger partial charge >= 0.3 is 0 Å². The predicted octanol–water partition coefficient (Wildman–Crippen LogP) is 5.15. The molecular formula is C23H29ClN2O4. The van der Waals surface area contributed by atoms with Crippen LogP contribution in [0.5, 0.6) is 11.5 Å². The lowest BCUT2D eigenvalue weighted by atomic mass is 10.1. The fraction of sp³-hybridized carbons (Fsp3) is 0.391. The Hall–Kier alpha value is -2.73. The van der Waals surface area contributed by atoms with Crippen LogP contribution in [0.3, 0.4) is 0 Å². The van der Waals surface area contributed by atoms with E-state index in [0.717, 1.165) is 12.0 Å². The van der Waals surface area contributed by atoms with Crippen LogP contribution in [-0.2, 0) is 11.3 Å². The molecule has 7 heteroatoms. The second-order valence-corrected chi connectivity index (χ2v) is 7.12. The van der Waals surface area contributed by atoms with E-state index in [0.29, 0.717) is 54.1 Å². The number of hydrogen-bond acceptors (Lipinski definition) is 4. The number of anilines is 1. The molecule has 0 saturated carbocycles. The van der Waals surface area contributed by atoms with Crippen LogP contribution in [0.2, 0.25) is 5.02 Å². The normalized spacial score (nSPS) is 10.4. The topological polar surface area (TPSA) is 67.9 Å². The van der Waals surface area contributed by atoms with Gasteiger partial charge in [0.2, 0.25) is 5.91 Å². The van der Waals surface area contributed by atoms with Crippen LogP contribution in [0.15, 0.2) is 36.4 Å². The lowest BCUT2D eigenvalue weighted by Gasteiger charge is -2.21. The summed E-state index contributed by atoms with van der Waals surface area (Å²) < 4.78 is 11.3. The number of para-hydroxylation sites is 1. The molecule has 0 heterocycles. The fourth-order valence-corrected chi connectivity index (χ4v) is 3.20. The second kappa shape index (κ2) is 11.5. The standard InChI is InChI=1S/C23H29ClN2O4/c1-5-12-30-22-19(24)13-18(14-21(22)29-7-3)23(28)25-20-11-9-8-10-17(20)15-26(6-2)16(4)27/h8-11,13-14H,5-7,12,15H2,1-4H3,(H,25,28). The van der Waals surface area contributed by atoms with Crippen LogP contribution in [0.1, 0.15) is 50.0 Å². The minimum atomic E-state index is -0.321. The van der Waals surface area contributed by atoms with Crippen molar-refractivity contribution >= 4 is 29.1 Å². The first-order chi connectivity index (χ1) is 14.4. The highest BCUT2D eigenvalue weighted by Crippen LogP contribution is 2.37. The number of benzene rings is 2. The molecule has 1 N–H and O–H groups in total. The molecule has 30 heavy (non-hydrogen) atoms. The number of ether oxygens (including phenoxy) is 2. The van der Waals surface area contributed by atoms with E-state index in [2.05, 4.69) is 5.32 Å². The number of carbonyl (C=O) groups excluding carboxylic acids is 2. The van der Waals surface area contributed by atoms with Crippen LogP contribution >= 0.6 is 11.6 Å². The number of rotatable bonds is 10. The van der Waals surface area contributed by atoms with E-state index in [1.54, 1.807) is 17.0 Å². The summed E-state index contributed by atoms with van der Waals surface area (Å²) in [6.07, 6.45) is 0.829. The summed E-state index contributed by atoms with van der Waals surface area (Å²) in [6, 6.07) is 10.6. The Morgan fingerprint density at radius 1 is 1.10 bits per heavy atom. The minimum absolute atomic E-state index is 0.0190. The number of nitrogens with one attached hydrogen (secondary N) is 1. The van der Waals surface area contributed by atoms with Gasteiger partial charge in [0.25, 0.3) is 5.91 Å². The Kier molecular flexibility index (Phi) is 8.99. The van der Waals surface area contributed by atoms with Gasteiger partial charge in [-0.1, -0.05) is 36.7 Å². The maximum absolute atomic E-state index is 12.9. The Morgan fingerprint density at radius 2 is 1.83 bits per heavy atom. The van der Waals surface area contributed by atoms with Gasteiger partial charge in [-0.15, -0.1) is 0 Å². The van der Waals surface area contributed by atoms with Crippen LogP contribution in [0, 0.1) is 0 Å². The molecule has 2 rings (SSSR count). The van der Waals surface area contributed by atoms with E-state index in [1.165, 1.54) is 6.92 Å². The third-order valence-electron chi connectivity index (χ3n) is 4.48. The molecule has 0 aliphatic rings. The van der Waals surface area contributed by atoms with E-state index in [-0.39, 0.29) is 11.8 Å². The molecule has 2 aromatic carbocycles. The zero-order chi connectivity index (χ0) is 22.1. The minimum Gasteiger partial charge on any atom is -0.490 e. The Morgan fingerprint density at radius 3 is 2.47 bits per heavy atom. The van der Waals surface area contributed by atoms with Crippen LogP contribution in [0.4, 0.5) is 5.69 Å². The number of hydrogen-bond donors (Lipinski definition) is 1. The van der Waals surface area contributed by atoms with Crippen LogP contribution in [0.25, 0.3) is 0 Å². The van der Waals surface area contributed by atoms with Crippen molar-refractivity contribution in [2.75, 3.05) is 25.1 Å². The second-order valence-electron chi connectivity index (χ2n) is 6.71. The van der Waals surface area contributed by atoms with Crippen molar-refractivity contribution in [1.29, 1.82) is 0 Å². The van der Waals surface area contributed by atoms with Gasteiger partial charge in [0, 0.05) is 31.3 Å². The molecule has 0 radical (unpaired) electrons. The average molecular weight is 433 g/mol. The van der Waals surface area contributed by atoms with Crippen molar-refractivity contribution in [2.45, 2.75) is 40.7 Å². The molecule has 6 nitrogen and oxygen atoms in total. The Labute approximate surface area is 183 Å². The Bertz CT molecular complexity index is 886. The van der Waals surface area contributed by atoms with E-state index in [1.807, 2.05) is 45.0 Å². The first-order valence-corrected chi connectivity index (χ1v) is 10.5. The monoisotopic (exact) mass is 432 g/mol. The van der Waals surface area contributed by atoms with Crippen molar-refractivity contribution < 1.29 is 19.1 Å². The van der Waals surface area contributed by atoms with Crippen molar-refractivity contribution in [3.05, 3.63) is 52.5 Å². The van der Waals surface area contributed by atoms with E-state index < -0.39 is 0 Å². The Balaban J connectivity index is 2.29. The molecule has 162 valence electrons. The summed E-state index contributed by atoms with van der Waals surface area (Å²) in [4.78, 5) is 26.4. The van der Waals surface area contributed by atoms with Gasteiger partial charge in [0.1, 0.15) is 0 Å². The van der Waals surface area contributed by atoms with Gasteiger partial charge in [-0.25, -0.2) is 0 Å². The molecule has 0 fully saturated rings. The van der Waals surface area contributed by atoms with Gasteiger partial charge in [0.05, 0.1) is 18.2 Å². The van der Waals surface area contributed by atoms with Crippen LogP contribution in [-0.4, -0.2) is 36.5 Å². The molecule has 0 aliphatic heterocycles. The number of amides is 2. The molecule has 0 unspecified atom stereocenters. The molecule has 2 amide bonds. The smallest absolute Gasteiger partial charge is 0.255 e. The number of halogens is 1. The highest BCUT2D eigenvalue weighted by Gasteiger charge is 2.18. The van der Waals surface area contributed by atoms with Gasteiger partial charge < -0.3 is 19.7 Å². The van der Waals surface area contributed by atoms with Crippen molar-refractivity contribution in [3.63, 3.8) is 0 Å². The summed E-state index contributed by atoms with van der Waals surface area (Å²) in [5.74, 6) is 0.538. The van der Waals surface area contributed by atoms with Gasteiger partial charge in [0.15, 0.2) is 11.5 Å². The molecule has 2 aromatic rings. The maximum Gasteiger partial charge on any atom is 0.255 e.